The first-order chi connectivity index (χ1) is 6.09. The number of nitrogens with zero attached hydrogens (tertiary/aromatic N) is 2. The van der Waals surface area contributed by atoms with Gasteiger partial charge < -0.3 is 0 Å². The zero-order valence-electron chi connectivity index (χ0n) is 8.45. The fraction of sp³-hybridized carbons (Fsp3) is 0.600. The number of ketones is 1. The van der Waals surface area contributed by atoms with Crippen molar-refractivity contribution in [2.75, 3.05) is 0 Å². The van der Waals surface area contributed by atoms with Gasteiger partial charge in [-0.25, -0.2) is 0 Å². The molecule has 0 aliphatic heterocycles. The van der Waals surface area contributed by atoms with Crippen molar-refractivity contribution in [2.45, 2.75) is 26.7 Å². The van der Waals surface area contributed by atoms with E-state index in [4.69, 9.17) is 0 Å². The van der Waals surface area contributed by atoms with E-state index in [1.807, 2.05) is 33.2 Å². The normalized spacial score (nSPS) is 10.8. The molecule has 0 aliphatic rings. The average Bonchev–Trinajstić information content (AvgIpc) is 2.47. The number of carbonyl (C=O) groups excluding carboxylic acids is 1. The minimum atomic E-state index is 0.142. The van der Waals surface area contributed by atoms with Crippen LogP contribution >= 0.6 is 0 Å². The van der Waals surface area contributed by atoms with Crippen molar-refractivity contribution in [1.82, 2.24) is 9.78 Å². The van der Waals surface area contributed by atoms with E-state index in [-0.39, 0.29) is 5.92 Å². The van der Waals surface area contributed by atoms with Crippen LogP contribution in [0.1, 0.15) is 26.0 Å². The zero-order chi connectivity index (χ0) is 9.84. The van der Waals surface area contributed by atoms with Gasteiger partial charge in [0, 0.05) is 25.6 Å². The van der Waals surface area contributed by atoms with E-state index in [9.17, 15) is 4.79 Å². The first-order valence-corrected chi connectivity index (χ1v) is 4.61. The first kappa shape index (κ1) is 9.96. The molecule has 0 radical (unpaired) electrons. The molecule has 0 saturated carbocycles. The van der Waals surface area contributed by atoms with Gasteiger partial charge in [-0.3, -0.25) is 9.48 Å². The lowest BCUT2D eigenvalue weighted by Gasteiger charge is -2.01. The quantitative estimate of drug-likeness (QED) is 0.705. The van der Waals surface area contributed by atoms with Crippen molar-refractivity contribution in [1.29, 1.82) is 0 Å². The topological polar surface area (TPSA) is 34.9 Å². The molecular formula is C10H16N2O. The Morgan fingerprint density at radius 3 is 2.77 bits per heavy atom. The van der Waals surface area contributed by atoms with Gasteiger partial charge in [0.05, 0.1) is 5.69 Å². The lowest BCUT2D eigenvalue weighted by Crippen LogP contribution is -2.08. The smallest absolute Gasteiger partial charge is 0.135 e. The van der Waals surface area contributed by atoms with E-state index in [1.165, 1.54) is 0 Å². The molecule has 0 unspecified atom stereocenters. The summed E-state index contributed by atoms with van der Waals surface area (Å²) in [6.45, 7) is 3.86. The van der Waals surface area contributed by atoms with Gasteiger partial charge in [-0.05, 0) is 12.5 Å². The van der Waals surface area contributed by atoms with Crippen molar-refractivity contribution in [3.63, 3.8) is 0 Å². The molecule has 0 aliphatic carbocycles. The largest absolute Gasteiger partial charge is 0.299 e. The van der Waals surface area contributed by atoms with Crippen LogP contribution in [0.3, 0.4) is 0 Å². The van der Waals surface area contributed by atoms with Crippen molar-refractivity contribution >= 4 is 5.78 Å². The fourth-order valence-electron chi connectivity index (χ4n) is 1.14. The third kappa shape index (κ3) is 3.01. The van der Waals surface area contributed by atoms with Crippen LogP contribution in [0, 0.1) is 5.92 Å². The zero-order valence-corrected chi connectivity index (χ0v) is 8.45. The summed E-state index contributed by atoms with van der Waals surface area (Å²) in [5.41, 5.74) is 0.997. The minimum absolute atomic E-state index is 0.142. The summed E-state index contributed by atoms with van der Waals surface area (Å²) in [6, 6.07) is 1.95. The standard InChI is InChI=1S/C10H16N2O/c1-8(2)10(13)5-4-9-6-7-12(3)11-9/h6-8H,4-5H2,1-3H3. The second kappa shape index (κ2) is 4.21. The number of carbonyl (C=O) groups is 1. The van der Waals surface area contributed by atoms with Crippen LogP contribution in [0.5, 0.6) is 0 Å². The van der Waals surface area contributed by atoms with Gasteiger partial charge in [-0.1, -0.05) is 13.8 Å². The van der Waals surface area contributed by atoms with Gasteiger partial charge in [0.25, 0.3) is 0 Å². The second-order valence-electron chi connectivity index (χ2n) is 3.60. The molecule has 1 aromatic rings. The molecule has 0 spiro atoms. The Kier molecular flexibility index (Phi) is 3.23. The molecule has 1 rings (SSSR count). The number of aromatic nitrogens is 2. The SMILES string of the molecule is CC(C)C(=O)CCc1ccn(C)n1. The number of hydrogen-bond donors (Lipinski definition) is 0. The van der Waals surface area contributed by atoms with Crippen LogP contribution in [-0.4, -0.2) is 15.6 Å². The van der Waals surface area contributed by atoms with Gasteiger partial charge >= 0.3 is 0 Å². The molecule has 13 heavy (non-hydrogen) atoms. The third-order valence-corrected chi connectivity index (χ3v) is 2.04. The van der Waals surface area contributed by atoms with E-state index >= 15 is 0 Å². The number of rotatable bonds is 4. The summed E-state index contributed by atoms with van der Waals surface area (Å²) in [6.07, 6.45) is 3.27. The Hall–Kier alpha value is -1.12. The summed E-state index contributed by atoms with van der Waals surface area (Å²) >= 11 is 0. The Balaban J connectivity index is 2.39. The summed E-state index contributed by atoms with van der Waals surface area (Å²) in [5.74, 6) is 0.453. The molecule has 3 nitrogen and oxygen atoms in total. The van der Waals surface area contributed by atoms with Gasteiger partial charge in [0.1, 0.15) is 5.78 Å². The lowest BCUT2D eigenvalue weighted by molar-refractivity contribution is -0.121. The van der Waals surface area contributed by atoms with E-state index in [0.29, 0.717) is 12.2 Å². The third-order valence-electron chi connectivity index (χ3n) is 2.04. The molecule has 0 saturated heterocycles. The predicted molar refractivity (Wildman–Crippen MR) is 51.4 cm³/mol. The molecular weight excluding hydrogens is 164 g/mol. The van der Waals surface area contributed by atoms with Crippen LogP contribution in [-0.2, 0) is 18.3 Å². The molecule has 0 aromatic carbocycles. The highest BCUT2D eigenvalue weighted by Crippen LogP contribution is 2.04. The highest BCUT2D eigenvalue weighted by atomic mass is 16.1. The molecule has 3 heteroatoms. The van der Waals surface area contributed by atoms with Crippen molar-refractivity contribution < 1.29 is 4.79 Å². The summed E-state index contributed by atoms with van der Waals surface area (Å²) in [7, 11) is 1.88. The molecule has 1 aromatic heterocycles. The number of Topliss-reactive ketones (excluding diaryl/α,β-unsaturated/α-hetero) is 1. The van der Waals surface area contributed by atoms with Crippen molar-refractivity contribution in [3.8, 4) is 0 Å². The fourth-order valence-corrected chi connectivity index (χ4v) is 1.14. The maximum Gasteiger partial charge on any atom is 0.135 e. The number of aryl methyl sites for hydroxylation is 2. The Morgan fingerprint density at radius 1 is 1.62 bits per heavy atom. The molecule has 1 heterocycles. The maximum absolute atomic E-state index is 11.3. The van der Waals surface area contributed by atoms with Crippen molar-refractivity contribution in [3.05, 3.63) is 18.0 Å². The molecule has 0 bridgehead atoms. The highest BCUT2D eigenvalue weighted by molar-refractivity contribution is 5.80. The van der Waals surface area contributed by atoms with Crippen LogP contribution in [0.2, 0.25) is 0 Å². The minimum Gasteiger partial charge on any atom is -0.299 e. The Labute approximate surface area is 78.8 Å². The number of hydrogen-bond acceptors (Lipinski definition) is 2. The summed E-state index contributed by atoms with van der Waals surface area (Å²) in [5, 5.41) is 4.21. The average molecular weight is 180 g/mol. The highest BCUT2D eigenvalue weighted by Gasteiger charge is 2.07. The Morgan fingerprint density at radius 2 is 2.31 bits per heavy atom. The monoisotopic (exact) mass is 180 g/mol. The van der Waals surface area contributed by atoms with Crippen LogP contribution in [0.15, 0.2) is 12.3 Å². The van der Waals surface area contributed by atoms with Crippen molar-refractivity contribution in [2.24, 2.45) is 13.0 Å². The van der Waals surface area contributed by atoms with Gasteiger partial charge in [0.2, 0.25) is 0 Å². The van der Waals surface area contributed by atoms with E-state index in [2.05, 4.69) is 5.10 Å². The van der Waals surface area contributed by atoms with E-state index in [0.717, 1.165) is 12.1 Å². The summed E-state index contributed by atoms with van der Waals surface area (Å²) in [4.78, 5) is 11.3. The maximum atomic E-state index is 11.3. The van der Waals surface area contributed by atoms with Gasteiger partial charge in [0.15, 0.2) is 0 Å². The van der Waals surface area contributed by atoms with E-state index in [1.54, 1.807) is 4.68 Å². The molecule has 0 amide bonds. The van der Waals surface area contributed by atoms with Crippen LogP contribution in [0.4, 0.5) is 0 Å². The Bertz CT molecular complexity index is 289. The van der Waals surface area contributed by atoms with Crippen LogP contribution in [0.25, 0.3) is 0 Å². The molecule has 72 valence electrons. The molecule has 0 atom stereocenters. The lowest BCUT2D eigenvalue weighted by atomic mass is 10.0. The first-order valence-electron chi connectivity index (χ1n) is 4.61. The van der Waals surface area contributed by atoms with Crippen LogP contribution < -0.4 is 0 Å². The summed E-state index contributed by atoms with van der Waals surface area (Å²) < 4.78 is 1.76. The van der Waals surface area contributed by atoms with Gasteiger partial charge in [-0.15, -0.1) is 0 Å². The van der Waals surface area contributed by atoms with E-state index < -0.39 is 0 Å². The second-order valence-corrected chi connectivity index (χ2v) is 3.60. The molecule has 0 N–H and O–H groups in total. The van der Waals surface area contributed by atoms with Gasteiger partial charge in [-0.2, -0.15) is 5.10 Å². The molecule has 0 fully saturated rings. The predicted octanol–water partition coefficient (Wildman–Crippen LogP) is 1.58.